The van der Waals surface area contributed by atoms with E-state index in [0.717, 1.165) is 12.4 Å². The summed E-state index contributed by atoms with van der Waals surface area (Å²) in [4.78, 5) is 0. The zero-order chi connectivity index (χ0) is 13.4. The van der Waals surface area contributed by atoms with Gasteiger partial charge in [-0.3, -0.25) is 0 Å². The second-order valence-electron chi connectivity index (χ2n) is 5.20. The van der Waals surface area contributed by atoms with E-state index < -0.39 is 0 Å². The summed E-state index contributed by atoms with van der Waals surface area (Å²) < 4.78 is 11.1. The summed E-state index contributed by atoms with van der Waals surface area (Å²) in [6, 6.07) is 8.39. The van der Waals surface area contributed by atoms with E-state index in [1.807, 2.05) is 12.1 Å². The van der Waals surface area contributed by atoms with Gasteiger partial charge in [0.2, 0.25) is 0 Å². The first-order valence-corrected chi connectivity index (χ1v) is 6.94. The van der Waals surface area contributed by atoms with Crippen molar-refractivity contribution in [1.29, 1.82) is 0 Å². The fourth-order valence-corrected chi connectivity index (χ4v) is 1.67. The van der Waals surface area contributed by atoms with Crippen LogP contribution < -0.4 is 4.74 Å². The number of rotatable bonds is 8. The van der Waals surface area contributed by atoms with Gasteiger partial charge in [-0.05, 0) is 36.0 Å². The van der Waals surface area contributed by atoms with Crippen LogP contribution in [0.1, 0.15) is 45.6 Å². The lowest BCUT2D eigenvalue weighted by atomic mass is 9.99. The Labute approximate surface area is 111 Å². The summed E-state index contributed by atoms with van der Waals surface area (Å²) in [6.07, 6.45) is 1.17. The molecule has 0 spiro atoms. The van der Waals surface area contributed by atoms with Gasteiger partial charge in [-0.25, -0.2) is 0 Å². The molecule has 0 bridgehead atoms. The first-order valence-electron chi connectivity index (χ1n) is 6.94. The van der Waals surface area contributed by atoms with Gasteiger partial charge in [-0.1, -0.05) is 39.8 Å². The van der Waals surface area contributed by atoms with Crippen LogP contribution >= 0.6 is 0 Å². The minimum absolute atomic E-state index is 0.583. The summed E-state index contributed by atoms with van der Waals surface area (Å²) in [5.41, 5.74) is 1.38. The standard InChI is InChI=1S/C16H26O2/c1-5-14(4)15-6-8-16(9-7-15)18-11-10-17-12-13(2)3/h6-9,13-14H,5,10-12H2,1-4H3. The molecular formula is C16H26O2. The zero-order valence-corrected chi connectivity index (χ0v) is 12.1. The molecule has 0 fully saturated rings. The Morgan fingerprint density at radius 1 is 1.00 bits per heavy atom. The minimum atomic E-state index is 0.583. The lowest BCUT2D eigenvalue weighted by Gasteiger charge is -2.11. The van der Waals surface area contributed by atoms with Crippen LogP contribution in [0.15, 0.2) is 24.3 Å². The van der Waals surface area contributed by atoms with Crippen molar-refractivity contribution >= 4 is 0 Å². The van der Waals surface area contributed by atoms with Crippen molar-refractivity contribution in [3.8, 4) is 5.75 Å². The molecule has 2 nitrogen and oxygen atoms in total. The second-order valence-corrected chi connectivity index (χ2v) is 5.20. The molecule has 0 saturated carbocycles. The monoisotopic (exact) mass is 250 g/mol. The maximum absolute atomic E-state index is 5.63. The third-order valence-electron chi connectivity index (χ3n) is 3.01. The fraction of sp³-hybridized carbons (Fsp3) is 0.625. The summed E-state index contributed by atoms with van der Waals surface area (Å²) >= 11 is 0. The molecule has 1 atom stereocenters. The lowest BCUT2D eigenvalue weighted by molar-refractivity contribution is 0.0819. The van der Waals surface area contributed by atoms with Gasteiger partial charge in [0, 0.05) is 6.61 Å². The molecule has 0 heterocycles. The maximum atomic E-state index is 5.63. The van der Waals surface area contributed by atoms with Crippen molar-refractivity contribution < 1.29 is 9.47 Å². The third-order valence-corrected chi connectivity index (χ3v) is 3.01. The van der Waals surface area contributed by atoms with Crippen LogP contribution in [-0.2, 0) is 4.74 Å². The average molecular weight is 250 g/mol. The van der Waals surface area contributed by atoms with E-state index in [4.69, 9.17) is 9.47 Å². The highest BCUT2D eigenvalue weighted by Crippen LogP contribution is 2.21. The lowest BCUT2D eigenvalue weighted by Crippen LogP contribution is -2.10. The number of hydrogen-bond donors (Lipinski definition) is 0. The third kappa shape index (κ3) is 5.54. The molecule has 0 N–H and O–H groups in total. The Morgan fingerprint density at radius 3 is 2.22 bits per heavy atom. The van der Waals surface area contributed by atoms with Crippen molar-refractivity contribution in [2.45, 2.75) is 40.0 Å². The number of ether oxygens (including phenoxy) is 2. The molecule has 2 heteroatoms. The normalized spacial score (nSPS) is 12.7. The Kier molecular flexibility index (Phi) is 6.81. The summed E-state index contributed by atoms with van der Waals surface area (Å²) in [5, 5.41) is 0. The Balaban J connectivity index is 2.27. The highest BCUT2D eigenvalue weighted by atomic mass is 16.5. The molecule has 1 unspecified atom stereocenters. The van der Waals surface area contributed by atoms with E-state index in [-0.39, 0.29) is 0 Å². The molecule has 0 saturated heterocycles. The van der Waals surface area contributed by atoms with Crippen LogP contribution in [0, 0.1) is 5.92 Å². The highest BCUT2D eigenvalue weighted by molar-refractivity contribution is 5.29. The molecule has 1 rings (SSSR count). The quantitative estimate of drug-likeness (QED) is 0.642. The van der Waals surface area contributed by atoms with E-state index in [0.29, 0.717) is 25.0 Å². The molecule has 0 amide bonds. The van der Waals surface area contributed by atoms with Crippen LogP contribution in [0.2, 0.25) is 0 Å². The molecule has 0 aliphatic carbocycles. The molecule has 1 aromatic carbocycles. The molecule has 0 aromatic heterocycles. The second kappa shape index (κ2) is 8.15. The Morgan fingerprint density at radius 2 is 1.67 bits per heavy atom. The summed E-state index contributed by atoms with van der Waals surface area (Å²) in [6.45, 7) is 10.8. The van der Waals surface area contributed by atoms with E-state index in [9.17, 15) is 0 Å². The van der Waals surface area contributed by atoms with Crippen LogP contribution in [0.4, 0.5) is 0 Å². The smallest absolute Gasteiger partial charge is 0.119 e. The van der Waals surface area contributed by atoms with Crippen molar-refractivity contribution in [1.82, 2.24) is 0 Å². The van der Waals surface area contributed by atoms with E-state index in [2.05, 4.69) is 39.8 Å². The first kappa shape index (κ1) is 15.0. The molecule has 1 aromatic rings. The summed E-state index contributed by atoms with van der Waals surface area (Å²) in [7, 11) is 0. The first-order chi connectivity index (χ1) is 8.63. The molecular weight excluding hydrogens is 224 g/mol. The molecule has 0 aliphatic rings. The molecule has 0 aliphatic heterocycles. The van der Waals surface area contributed by atoms with Crippen molar-refractivity contribution in [3.05, 3.63) is 29.8 Å². The predicted molar refractivity (Wildman–Crippen MR) is 76.3 cm³/mol. The van der Waals surface area contributed by atoms with Gasteiger partial charge >= 0.3 is 0 Å². The van der Waals surface area contributed by atoms with Gasteiger partial charge in [-0.15, -0.1) is 0 Å². The van der Waals surface area contributed by atoms with Gasteiger partial charge < -0.3 is 9.47 Å². The predicted octanol–water partition coefficient (Wildman–Crippen LogP) is 4.25. The van der Waals surface area contributed by atoms with Crippen LogP contribution in [0.5, 0.6) is 5.75 Å². The minimum Gasteiger partial charge on any atom is -0.491 e. The van der Waals surface area contributed by atoms with Gasteiger partial charge in [-0.2, -0.15) is 0 Å². The van der Waals surface area contributed by atoms with E-state index in [1.165, 1.54) is 12.0 Å². The van der Waals surface area contributed by atoms with Gasteiger partial charge in [0.05, 0.1) is 6.61 Å². The Hall–Kier alpha value is -1.02. The topological polar surface area (TPSA) is 18.5 Å². The number of benzene rings is 1. The summed E-state index contributed by atoms with van der Waals surface area (Å²) in [5.74, 6) is 2.13. The highest BCUT2D eigenvalue weighted by Gasteiger charge is 2.02. The van der Waals surface area contributed by atoms with E-state index >= 15 is 0 Å². The molecule has 0 radical (unpaired) electrons. The van der Waals surface area contributed by atoms with E-state index in [1.54, 1.807) is 0 Å². The van der Waals surface area contributed by atoms with Gasteiger partial charge in [0.25, 0.3) is 0 Å². The average Bonchev–Trinajstić information content (AvgIpc) is 2.38. The van der Waals surface area contributed by atoms with Crippen LogP contribution in [-0.4, -0.2) is 19.8 Å². The molecule has 18 heavy (non-hydrogen) atoms. The fourth-order valence-electron chi connectivity index (χ4n) is 1.67. The SMILES string of the molecule is CCC(C)c1ccc(OCCOCC(C)C)cc1. The van der Waals surface area contributed by atoms with Crippen molar-refractivity contribution in [2.75, 3.05) is 19.8 Å². The van der Waals surface area contributed by atoms with Crippen molar-refractivity contribution in [2.24, 2.45) is 5.92 Å². The largest absolute Gasteiger partial charge is 0.491 e. The zero-order valence-electron chi connectivity index (χ0n) is 12.1. The van der Waals surface area contributed by atoms with Gasteiger partial charge in [0.1, 0.15) is 12.4 Å². The van der Waals surface area contributed by atoms with Crippen LogP contribution in [0.3, 0.4) is 0 Å². The maximum Gasteiger partial charge on any atom is 0.119 e. The van der Waals surface area contributed by atoms with Crippen molar-refractivity contribution in [3.63, 3.8) is 0 Å². The molecule has 102 valence electrons. The van der Waals surface area contributed by atoms with Gasteiger partial charge in [0.15, 0.2) is 0 Å². The van der Waals surface area contributed by atoms with Crippen LogP contribution in [0.25, 0.3) is 0 Å². The Bertz CT molecular complexity index is 316. The number of hydrogen-bond acceptors (Lipinski definition) is 2.